The van der Waals surface area contributed by atoms with Crippen molar-refractivity contribution in [3.8, 4) is 6.07 Å². The van der Waals surface area contributed by atoms with Crippen molar-refractivity contribution in [1.82, 2.24) is 9.80 Å². The molecule has 2 atom stereocenters. The van der Waals surface area contributed by atoms with Gasteiger partial charge in [0, 0.05) is 38.8 Å². The smallest absolute Gasteiger partial charge is 0.0638 e. The van der Waals surface area contributed by atoms with E-state index in [-0.39, 0.29) is 0 Å². The van der Waals surface area contributed by atoms with E-state index in [2.05, 4.69) is 29.8 Å². The summed E-state index contributed by atoms with van der Waals surface area (Å²) < 4.78 is 5.09. The van der Waals surface area contributed by atoms with Crippen molar-refractivity contribution in [2.24, 2.45) is 0 Å². The van der Waals surface area contributed by atoms with Gasteiger partial charge >= 0.3 is 0 Å². The minimum Gasteiger partial charge on any atom is -0.383 e. The Hall–Kier alpha value is -0.630. The number of likely N-dealkylation sites (N-methyl/N-ethyl adjacent to an activating group) is 1. The standard InChI is InChI=1S/C11H21N3O/c1-10-8-14(6-7-15-3)11(4-5-12)9-13(10)2/h10-11H,4,6-9H2,1-3H3. The summed E-state index contributed by atoms with van der Waals surface area (Å²) in [5.74, 6) is 0. The Bertz CT molecular complexity index is 226. The van der Waals surface area contributed by atoms with Crippen LogP contribution in [0.3, 0.4) is 0 Å². The highest BCUT2D eigenvalue weighted by molar-refractivity contribution is 4.90. The van der Waals surface area contributed by atoms with E-state index < -0.39 is 0 Å². The normalized spacial score (nSPS) is 28.9. The molecule has 0 spiro atoms. The molecule has 15 heavy (non-hydrogen) atoms. The fraction of sp³-hybridized carbons (Fsp3) is 0.909. The van der Waals surface area contributed by atoms with E-state index in [4.69, 9.17) is 10.00 Å². The van der Waals surface area contributed by atoms with Gasteiger partial charge in [-0.2, -0.15) is 5.26 Å². The molecule has 0 bridgehead atoms. The van der Waals surface area contributed by atoms with Crippen molar-refractivity contribution >= 4 is 0 Å². The Balaban J connectivity index is 2.52. The molecule has 4 nitrogen and oxygen atoms in total. The third-order valence-electron chi connectivity index (χ3n) is 3.18. The van der Waals surface area contributed by atoms with Crippen LogP contribution in [-0.4, -0.2) is 62.3 Å². The Kier molecular flexibility index (Phi) is 5.03. The number of methoxy groups -OCH3 is 1. The van der Waals surface area contributed by atoms with Crippen molar-refractivity contribution in [3.63, 3.8) is 0 Å². The molecule has 0 aromatic heterocycles. The summed E-state index contributed by atoms with van der Waals surface area (Å²) in [7, 11) is 3.85. The molecule has 0 aromatic carbocycles. The van der Waals surface area contributed by atoms with Crippen LogP contribution in [0.1, 0.15) is 13.3 Å². The second-order valence-corrected chi connectivity index (χ2v) is 4.29. The number of rotatable bonds is 4. The SMILES string of the molecule is COCCN1CC(C)N(C)CC1CC#N. The van der Waals surface area contributed by atoms with E-state index in [9.17, 15) is 0 Å². The van der Waals surface area contributed by atoms with Crippen LogP contribution in [0.15, 0.2) is 0 Å². The van der Waals surface area contributed by atoms with Crippen LogP contribution in [0.2, 0.25) is 0 Å². The first kappa shape index (κ1) is 12.4. The minimum atomic E-state index is 0.367. The van der Waals surface area contributed by atoms with Gasteiger partial charge in [-0.1, -0.05) is 0 Å². The highest BCUT2D eigenvalue weighted by Crippen LogP contribution is 2.15. The maximum atomic E-state index is 8.79. The third kappa shape index (κ3) is 3.45. The molecule has 0 N–H and O–H groups in total. The predicted molar refractivity (Wildman–Crippen MR) is 59.6 cm³/mol. The molecule has 1 rings (SSSR count). The number of piperazine rings is 1. The van der Waals surface area contributed by atoms with E-state index in [1.54, 1.807) is 7.11 Å². The van der Waals surface area contributed by atoms with Gasteiger partial charge in [0.15, 0.2) is 0 Å². The molecule has 0 aliphatic carbocycles. The first-order valence-corrected chi connectivity index (χ1v) is 5.49. The summed E-state index contributed by atoms with van der Waals surface area (Å²) in [6.07, 6.45) is 0.612. The number of nitrogens with zero attached hydrogens (tertiary/aromatic N) is 3. The molecule has 1 heterocycles. The lowest BCUT2D eigenvalue weighted by Gasteiger charge is -2.43. The molecule has 86 valence electrons. The van der Waals surface area contributed by atoms with Gasteiger partial charge in [0.05, 0.1) is 19.1 Å². The lowest BCUT2D eigenvalue weighted by atomic mass is 10.1. The number of hydrogen-bond donors (Lipinski definition) is 0. The maximum Gasteiger partial charge on any atom is 0.0638 e. The first-order valence-electron chi connectivity index (χ1n) is 5.49. The quantitative estimate of drug-likeness (QED) is 0.681. The van der Waals surface area contributed by atoms with Crippen molar-refractivity contribution in [2.45, 2.75) is 25.4 Å². The highest BCUT2D eigenvalue weighted by atomic mass is 16.5. The Morgan fingerprint density at radius 2 is 2.20 bits per heavy atom. The van der Waals surface area contributed by atoms with Gasteiger partial charge in [-0.3, -0.25) is 4.90 Å². The summed E-state index contributed by atoms with van der Waals surface area (Å²) in [6.45, 7) is 5.92. The second-order valence-electron chi connectivity index (χ2n) is 4.29. The molecule has 1 aliphatic rings. The van der Waals surface area contributed by atoms with Gasteiger partial charge in [0.1, 0.15) is 0 Å². The van der Waals surface area contributed by atoms with Crippen molar-refractivity contribution < 1.29 is 4.74 Å². The monoisotopic (exact) mass is 211 g/mol. The van der Waals surface area contributed by atoms with E-state index in [0.29, 0.717) is 18.5 Å². The van der Waals surface area contributed by atoms with Crippen molar-refractivity contribution in [1.29, 1.82) is 5.26 Å². The Morgan fingerprint density at radius 1 is 1.47 bits per heavy atom. The third-order valence-corrected chi connectivity index (χ3v) is 3.18. The lowest BCUT2D eigenvalue weighted by molar-refractivity contribution is 0.0349. The molecule has 0 amide bonds. The molecule has 1 saturated heterocycles. The summed E-state index contributed by atoms with van der Waals surface area (Å²) in [5.41, 5.74) is 0. The van der Waals surface area contributed by atoms with Crippen LogP contribution in [0.4, 0.5) is 0 Å². The van der Waals surface area contributed by atoms with Crippen LogP contribution in [0.5, 0.6) is 0 Å². The van der Waals surface area contributed by atoms with Gasteiger partial charge in [-0.25, -0.2) is 0 Å². The van der Waals surface area contributed by atoms with Gasteiger partial charge in [-0.15, -0.1) is 0 Å². The van der Waals surface area contributed by atoms with Crippen LogP contribution in [0, 0.1) is 11.3 Å². The van der Waals surface area contributed by atoms with Crippen LogP contribution >= 0.6 is 0 Å². The zero-order chi connectivity index (χ0) is 11.3. The van der Waals surface area contributed by atoms with Gasteiger partial charge in [-0.05, 0) is 14.0 Å². The Labute approximate surface area is 92.4 Å². The number of hydrogen-bond acceptors (Lipinski definition) is 4. The zero-order valence-corrected chi connectivity index (χ0v) is 9.94. The molecular formula is C11H21N3O. The fourth-order valence-electron chi connectivity index (χ4n) is 2.04. The molecule has 0 radical (unpaired) electrons. The van der Waals surface area contributed by atoms with E-state index in [1.807, 2.05) is 0 Å². The summed E-state index contributed by atoms with van der Waals surface area (Å²) in [4.78, 5) is 4.70. The van der Waals surface area contributed by atoms with E-state index in [0.717, 1.165) is 26.2 Å². The predicted octanol–water partition coefficient (Wildman–Crippen LogP) is 0.551. The molecule has 1 fully saturated rings. The summed E-state index contributed by atoms with van der Waals surface area (Å²) in [5, 5.41) is 8.79. The molecular weight excluding hydrogens is 190 g/mol. The van der Waals surface area contributed by atoms with Gasteiger partial charge < -0.3 is 9.64 Å². The van der Waals surface area contributed by atoms with E-state index >= 15 is 0 Å². The largest absolute Gasteiger partial charge is 0.383 e. The molecule has 0 aromatic rings. The number of nitriles is 1. The topological polar surface area (TPSA) is 39.5 Å². The van der Waals surface area contributed by atoms with Crippen molar-refractivity contribution in [2.75, 3.05) is 40.4 Å². The lowest BCUT2D eigenvalue weighted by Crippen LogP contribution is -2.56. The fourth-order valence-corrected chi connectivity index (χ4v) is 2.04. The average Bonchev–Trinajstić information content (AvgIpc) is 2.21. The maximum absolute atomic E-state index is 8.79. The summed E-state index contributed by atoms with van der Waals surface area (Å²) >= 11 is 0. The number of ether oxygens (including phenoxy) is 1. The minimum absolute atomic E-state index is 0.367. The zero-order valence-electron chi connectivity index (χ0n) is 9.94. The second kappa shape index (κ2) is 6.06. The van der Waals surface area contributed by atoms with Crippen LogP contribution < -0.4 is 0 Å². The first-order chi connectivity index (χ1) is 7.19. The summed E-state index contributed by atoms with van der Waals surface area (Å²) in [6, 6.07) is 3.20. The average molecular weight is 211 g/mol. The molecule has 1 aliphatic heterocycles. The molecule has 0 saturated carbocycles. The molecule has 4 heteroatoms. The van der Waals surface area contributed by atoms with Crippen LogP contribution in [0.25, 0.3) is 0 Å². The van der Waals surface area contributed by atoms with Crippen molar-refractivity contribution in [3.05, 3.63) is 0 Å². The van der Waals surface area contributed by atoms with Gasteiger partial charge in [0.25, 0.3) is 0 Å². The van der Waals surface area contributed by atoms with Crippen LogP contribution in [-0.2, 0) is 4.74 Å². The van der Waals surface area contributed by atoms with Gasteiger partial charge in [0.2, 0.25) is 0 Å². The molecule has 2 unspecified atom stereocenters. The van der Waals surface area contributed by atoms with E-state index in [1.165, 1.54) is 0 Å². The Morgan fingerprint density at radius 3 is 2.80 bits per heavy atom. The highest BCUT2D eigenvalue weighted by Gasteiger charge is 2.28.